The third-order valence-electron chi connectivity index (χ3n) is 3.82. The number of aryl methyl sites for hydroxylation is 2. The van der Waals surface area contributed by atoms with Crippen LogP contribution in [0.15, 0.2) is 66.6 Å². The molecule has 0 aliphatic heterocycles. The number of aromatic nitrogens is 1. The summed E-state index contributed by atoms with van der Waals surface area (Å²) in [7, 11) is -3.72. The van der Waals surface area contributed by atoms with E-state index in [9.17, 15) is 13.2 Å². The van der Waals surface area contributed by atoms with E-state index in [2.05, 4.69) is 26.2 Å². The molecule has 1 N–H and O–H groups in total. The van der Waals surface area contributed by atoms with Gasteiger partial charge in [0, 0.05) is 4.47 Å². The Morgan fingerprint density at radius 2 is 1.82 bits per heavy atom. The number of carbonyl (C=O) groups excluding carboxylic acids is 1. The summed E-state index contributed by atoms with van der Waals surface area (Å²) in [5, 5.41) is 2.82. The van der Waals surface area contributed by atoms with E-state index in [-0.39, 0.29) is 21.6 Å². The molecule has 5 nitrogen and oxygen atoms in total. The number of benzene rings is 2. The molecule has 1 aromatic heterocycles. The molecule has 3 rings (SSSR count). The number of hydrogen-bond donors (Lipinski definition) is 1. The van der Waals surface area contributed by atoms with Crippen LogP contribution in [0.3, 0.4) is 0 Å². The van der Waals surface area contributed by atoms with E-state index >= 15 is 0 Å². The number of hydrogen-bond acceptors (Lipinski definition) is 6. The van der Waals surface area contributed by atoms with Gasteiger partial charge < -0.3 is 5.32 Å². The van der Waals surface area contributed by atoms with E-state index in [0.717, 1.165) is 27.4 Å². The summed E-state index contributed by atoms with van der Waals surface area (Å²) < 4.78 is 27.0. The normalized spacial score (nSPS) is 11.4. The predicted molar refractivity (Wildman–Crippen MR) is 117 cm³/mol. The summed E-state index contributed by atoms with van der Waals surface area (Å²) in [6, 6.07) is 12.3. The van der Waals surface area contributed by atoms with Crippen LogP contribution >= 0.6 is 39.0 Å². The lowest BCUT2D eigenvalue weighted by molar-refractivity contribution is -0.113. The van der Waals surface area contributed by atoms with Gasteiger partial charge in [-0.3, -0.25) is 4.79 Å². The van der Waals surface area contributed by atoms with E-state index in [4.69, 9.17) is 0 Å². The van der Waals surface area contributed by atoms with Crippen LogP contribution in [0.2, 0.25) is 0 Å². The number of sulfone groups is 1. The third kappa shape index (κ3) is 4.83. The van der Waals surface area contributed by atoms with Crippen LogP contribution in [-0.4, -0.2) is 25.1 Å². The Balaban J connectivity index is 1.72. The van der Waals surface area contributed by atoms with E-state index < -0.39 is 9.84 Å². The minimum absolute atomic E-state index is 0.00401. The molecule has 2 aromatic carbocycles. The Kier molecular flexibility index (Phi) is 6.59. The minimum atomic E-state index is -3.72. The molecular formula is C19H17BrN2O3S3. The fourth-order valence-electron chi connectivity index (χ4n) is 2.37. The number of nitrogens with zero attached hydrogens (tertiary/aromatic N) is 1. The number of nitrogens with one attached hydrogen (secondary N) is 1. The molecule has 28 heavy (non-hydrogen) atoms. The number of thiazole rings is 1. The van der Waals surface area contributed by atoms with Gasteiger partial charge in [0.25, 0.3) is 0 Å². The molecule has 0 bridgehead atoms. The molecule has 9 heteroatoms. The number of rotatable bonds is 6. The lowest BCUT2D eigenvalue weighted by Crippen LogP contribution is -2.14. The van der Waals surface area contributed by atoms with Crippen molar-refractivity contribution in [3.8, 4) is 0 Å². The van der Waals surface area contributed by atoms with Gasteiger partial charge >= 0.3 is 0 Å². The maximum Gasteiger partial charge on any atom is 0.234 e. The van der Waals surface area contributed by atoms with Gasteiger partial charge in [0.1, 0.15) is 0 Å². The lowest BCUT2D eigenvalue weighted by atomic mass is 10.2. The van der Waals surface area contributed by atoms with Crippen molar-refractivity contribution >= 4 is 60.5 Å². The Bertz CT molecular complexity index is 1110. The highest BCUT2D eigenvalue weighted by Crippen LogP contribution is 2.33. The van der Waals surface area contributed by atoms with E-state index in [0.29, 0.717) is 9.90 Å². The van der Waals surface area contributed by atoms with Crippen molar-refractivity contribution in [1.82, 2.24) is 4.98 Å². The smallest absolute Gasteiger partial charge is 0.234 e. The molecule has 0 saturated heterocycles. The molecule has 0 atom stereocenters. The fourth-order valence-corrected chi connectivity index (χ4v) is 6.63. The highest BCUT2D eigenvalue weighted by Gasteiger charge is 2.25. The summed E-state index contributed by atoms with van der Waals surface area (Å²) in [5.41, 5.74) is 4.21. The summed E-state index contributed by atoms with van der Waals surface area (Å²) in [4.78, 5) is 16.5. The van der Waals surface area contributed by atoms with Gasteiger partial charge in [-0.05, 0) is 59.6 Å². The van der Waals surface area contributed by atoms with Crippen LogP contribution in [0.25, 0.3) is 0 Å². The molecule has 0 spiro atoms. The topological polar surface area (TPSA) is 76.1 Å². The molecule has 0 aliphatic carbocycles. The molecule has 1 amide bonds. The fraction of sp³-hybridized carbons (Fsp3) is 0.158. The van der Waals surface area contributed by atoms with Gasteiger partial charge in [-0.2, -0.15) is 0 Å². The average molecular weight is 497 g/mol. The first kappa shape index (κ1) is 21.0. The molecule has 0 aliphatic rings. The van der Waals surface area contributed by atoms with E-state index in [1.165, 1.54) is 16.8 Å². The van der Waals surface area contributed by atoms with Crippen LogP contribution in [0.4, 0.5) is 5.69 Å². The van der Waals surface area contributed by atoms with Gasteiger partial charge in [-0.25, -0.2) is 13.4 Å². The Morgan fingerprint density at radius 1 is 1.14 bits per heavy atom. The minimum Gasteiger partial charge on any atom is -0.324 e. The van der Waals surface area contributed by atoms with Gasteiger partial charge in [0.15, 0.2) is 5.03 Å². The maximum absolute atomic E-state index is 12.9. The van der Waals surface area contributed by atoms with Crippen LogP contribution in [-0.2, 0) is 14.6 Å². The first-order chi connectivity index (χ1) is 13.3. The van der Waals surface area contributed by atoms with Crippen LogP contribution in [0.1, 0.15) is 11.1 Å². The molecule has 0 saturated carbocycles. The monoisotopic (exact) mass is 496 g/mol. The number of thioether (sulfide) groups is 1. The van der Waals surface area contributed by atoms with Gasteiger partial charge in [-0.15, -0.1) is 23.1 Å². The largest absolute Gasteiger partial charge is 0.324 e. The predicted octanol–water partition coefficient (Wildman–Crippen LogP) is 5.09. The van der Waals surface area contributed by atoms with Crippen molar-refractivity contribution in [2.75, 3.05) is 11.1 Å². The first-order valence-corrected chi connectivity index (χ1v) is 12.4. The van der Waals surface area contributed by atoms with Crippen molar-refractivity contribution in [2.24, 2.45) is 0 Å². The standard InChI is InChI=1S/C19H17BrN2O3S3/c1-12-3-6-14(7-4-12)28(24,25)18-19(27-11-21-18)26-10-17(23)22-16-8-5-13(2)9-15(16)20/h3-9,11H,10H2,1-2H3,(H,22,23). The molecule has 0 radical (unpaired) electrons. The van der Waals surface area contributed by atoms with Crippen molar-refractivity contribution in [2.45, 2.75) is 28.0 Å². The second-order valence-electron chi connectivity index (χ2n) is 6.08. The summed E-state index contributed by atoms with van der Waals surface area (Å²) in [6.07, 6.45) is 0. The Hall–Kier alpha value is -1.68. The average Bonchev–Trinajstić information content (AvgIpc) is 3.12. The van der Waals surface area contributed by atoms with Crippen LogP contribution < -0.4 is 5.32 Å². The quantitative estimate of drug-likeness (QED) is 0.481. The van der Waals surface area contributed by atoms with E-state index in [1.54, 1.807) is 24.3 Å². The molecule has 0 fully saturated rings. The molecule has 3 aromatic rings. The number of carbonyl (C=O) groups is 1. The van der Waals surface area contributed by atoms with Gasteiger partial charge in [0.05, 0.1) is 26.1 Å². The number of amides is 1. The van der Waals surface area contributed by atoms with Crippen molar-refractivity contribution in [1.29, 1.82) is 0 Å². The first-order valence-electron chi connectivity index (χ1n) is 8.21. The highest BCUT2D eigenvalue weighted by molar-refractivity contribution is 9.10. The summed E-state index contributed by atoms with van der Waals surface area (Å²) in [6.45, 7) is 3.86. The molecule has 0 unspecified atom stereocenters. The zero-order chi connectivity index (χ0) is 20.3. The summed E-state index contributed by atoms with van der Waals surface area (Å²) >= 11 is 5.80. The number of anilines is 1. The molecule has 1 heterocycles. The lowest BCUT2D eigenvalue weighted by Gasteiger charge is -2.08. The Labute approximate surface area is 180 Å². The SMILES string of the molecule is Cc1ccc(S(=O)(=O)c2ncsc2SCC(=O)Nc2ccc(C)cc2Br)cc1. The van der Waals surface area contributed by atoms with Crippen LogP contribution in [0, 0.1) is 13.8 Å². The van der Waals surface area contributed by atoms with Gasteiger partial charge in [0.2, 0.25) is 15.7 Å². The zero-order valence-corrected chi connectivity index (χ0v) is 19.1. The summed E-state index contributed by atoms with van der Waals surface area (Å²) in [5.74, 6) is -0.138. The van der Waals surface area contributed by atoms with Crippen molar-refractivity contribution in [3.05, 3.63) is 63.6 Å². The second-order valence-corrected chi connectivity index (χ2v) is 10.9. The molecule has 146 valence electrons. The highest BCUT2D eigenvalue weighted by atomic mass is 79.9. The van der Waals surface area contributed by atoms with E-state index in [1.807, 2.05) is 32.0 Å². The maximum atomic E-state index is 12.9. The number of halogens is 1. The second kappa shape index (κ2) is 8.77. The van der Waals surface area contributed by atoms with Crippen molar-refractivity contribution in [3.63, 3.8) is 0 Å². The van der Waals surface area contributed by atoms with Crippen LogP contribution in [0.5, 0.6) is 0 Å². The third-order valence-corrected chi connectivity index (χ3v) is 8.57. The van der Waals surface area contributed by atoms with Crippen molar-refractivity contribution < 1.29 is 13.2 Å². The molecular weight excluding hydrogens is 480 g/mol. The van der Waals surface area contributed by atoms with Gasteiger partial charge in [-0.1, -0.05) is 23.8 Å². The zero-order valence-electron chi connectivity index (χ0n) is 15.1. The Morgan fingerprint density at radius 3 is 2.50 bits per heavy atom.